The number of hydrogen-bond acceptors (Lipinski definition) is 4. The molecule has 0 heterocycles. The van der Waals surface area contributed by atoms with Crippen molar-refractivity contribution in [3.05, 3.63) is 33.9 Å². The summed E-state index contributed by atoms with van der Waals surface area (Å²) < 4.78 is 4.86. The highest BCUT2D eigenvalue weighted by molar-refractivity contribution is 5.64. The van der Waals surface area contributed by atoms with Gasteiger partial charge in [0.05, 0.1) is 11.5 Å². The molecule has 0 aromatic heterocycles. The summed E-state index contributed by atoms with van der Waals surface area (Å²) in [4.78, 5) is 10.4. The first-order valence-corrected chi connectivity index (χ1v) is 4.63. The summed E-state index contributed by atoms with van der Waals surface area (Å²) in [5, 5.41) is 13.8. The molecule has 0 saturated heterocycles. The summed E-state index contributed by atoms with van der Waals surface area (Å²) in [7, 11) is 1.59. The van der Waals surface area contributed by atoms with E-state index in [0.717, 1.165) is 0 Å². The van der Waals surface area contributed by atoms with Gasteiger partial charge in [0.2, 0.25) is 0 Å². The van der Waals surface area contributed by atoms with Gasteiger partial charge in [-0.3, -0.25) is 10.1 Å². The van der Waals surface area contributed by atoms with Crippen LogP contribution in [0.1, 0.15) is 5.56 Å². The molecule has 0 bridgehead atoms. The zero-order valence-corrected chi connectivity index (χ0v) is 8.82. The molecule has 0 amide bonds. The third-order valence-corrected chi connectivity index (χ3v) is 2.04. The number of methoxy groups -OCH3 is 1. The normalized spacial score (nSPS) is 10.0. The topological polar surface area (TPSA) is 64.4 Å². The van der Waals surface area contributed by atoms with E-state index in [2.05, 4.69) is 5.32 Å². The first-order valence-electron chi connectivity index (χ1n) is 4.63. The number of ether oxygens (including phenoxy) is 1. The Morgan fingerprint density at radius 3 is 2.87 bits per heavy atom. The van der Waals surface area contributed by atoms with Crippen LogP contribution in [0.4, 0.5) is 11.4 Å². The summed E-state index contributed by atoms with van der Waals surface area (Å²) in [6.07, 6.45) is 0. The zero-order valence-electron chi connectivity index (χ0n) is 8.82. The molecular weight excluding hydrogens is 196 g/mol. The van der Waals surface area contributed by atoms with Gasteiger partial charge in [-0.25, -0.2) is 0 Å². The van der Waals surface area contributed by atoms with Crippen molar-refractivity contribution in [1.82, 2.24) is 0 Å². The Hall–Kier alpha value is -1.62. The molecule has 0 saturated carbocycles. The van der Waals surface area contributed by atoms with Crippen LogP contribution >= 0.6 is 0 Å². The number of benzene rings is 1. The predicted octanol–water partition coefficient (Wildman–Crippen LogP) is 1.96. The molecule has 5 heteroatoms. The van der Waals surface area contributed by atoms with E-state index in [-0.39, 0.29) is 10.6 Å². The second-order valence-corrected chi connectivity index (χ2v) is 3.15. The minimum absolute atomic E-state index is 0.133. The molecule has 1 rings (SSSR count). The van der Waals surface area contributed by atoms with Gasteiger partial charge in [-0.2, -0.15) is 0 Å². The van der Waals surface area contributed by atoms with E-state index in [1.165, 1.54) is 0 Å². The lowest BCUT2D eigenvalue weighted by Crippen LogP contribution is -2.09. The number of para-hydroxylation sites is 1. The van der Waals surface area contributed by atoms with Gasteiger partial charge in [0, 0.05) is 19.2 Å². The lowest BCUT2D eigenvalue weighted by atomic mass is 10.1. The number of nitro benzene ring substituents is 1. The van der Waals surface area contributed by atoms with Crippen LogP contribution < -0.4 is 5.32 Å². The van der Waals surface area contributed by atoms with Crippen LogP contribution in [0.2, 0.25) is 0 Å². The Bertz CT molecular complexity index is 353. The fourth-order valence-corrected chi connectivity index (χ4v) is 1.33. The van der Waals surface area contributed by atoms with Gasteiger partial charge in [0.15, 0.2) is 0 Å². The fraction of sp³-hybridized carbons (Fsp3) is 0.400. The number of nitrogens with zero attached hydrogens (tertiary/aromatic N) is 1. The van der Waals surface area contributed by atoms with Gasteiger partial charge in [-0.1, -0.05) is 12.1 Å². The van der Waals surface area contributed by atoms with Gasteiger partial charge in [0.25, 0.3) is 5.69 Å². The number of nitrogens with one attached hydrogen (secondary N) is 1. The summed E-state index contributed by atoms with van der Waals surface area (Å²) in [5.74, 6) is 0. The molecule has 1 aromatic carbocycles. The lowest BCUT2D eigenvalue weighted by molar-refractivity contribution is -0.384. The minimum Gasteiger partial charge on any atom is -0.383 e. The molecule has 0 aliphatic carbocycles. The van der Waals surface area contributed by atoms with Crippen LogP contribution in [-0.2, 0) is 4.74 Å². The standard InChI is InChI=1S/C10H14N2O3/c1-8-4-3-5-9(10(8)12(13)14)11-6-7-15-2/h3-5,11H,6-7H2,1-2H3. The molecule has 82 valence electrons. The van der Waals surface area contributed by atoms with E-state index >= 15 is 0 Å². The van der Waals surface area contributed by atoms with Crippen LogP contribution in [0.3, 0.4) is 0 Å². The van der Waals surface area contributed by atoms with Crippen molar-refractivity contribution in [2.24, 2.45) is 0 Å². The highest BCUT2D eigenvalue weighted by atomic mass is 16.6. The average molecular weight is 210 g/mol. The first kappa shape index (κ1) is 11.5. The molecule has 0 spiro atoms. The first-order chi connectivity index (χ1) is 7.16. The van der Waals surface area contributed by atoms with Crippen molar-refractivity contribution in [1.29, 1.82) is 0 Å². The SMILES string of the molecule is COCCNc1cccc(C)c1[N+](=O)[O-]. The third-order valence-electron chi connectivity index (χ3n) is 2.04. The van der Waals surface area contributed by atoms with Crippen molar-refractivity contribution in [2.75, 3.05) is 25.6 Å². The Balaban J connectivity index is 2.86. The molecule has 0 unspecified atom stereocenters. The molecule has 1 aromatic rings. The number of nitro groups is 1. The highest BCUT2D eigenvalue weighted by Gasteiger charge is 2.15. The molecule has 0 aliphatic rings. The molecule has 0 radical (unpaired) electrons. The predicted molar refractivity (Wildman–Crippen MR) is 58.2 cm³/mol. The van der Waals surface area contributed by atoms with Crippen molar-refractivity contribution in [2.45, 2.75) is 6.92 Å². The number of anilines is 1. The maximum absolute atomic E-state index is 10.8. The van der Waals surface area contributed by atoms with Gasteiger partial charge >= 0.3 is 0 Å². The van der Waals surface area contributed by atoms with E-state index in [0.29, 0.717) is 24.4 Å². The van der Waals surface area contributed by atoms with Crippen molar-refractivity contribution < 1.29 is 9.66 Å². The number of hydrogen-bond donors (Lipinski definition) is 1. The molecule has 0 fully saturated rings. The molecule has 0 aliphatic heterocycles. The number of rotatable bonds is 5. The van der Waals surface area contributed by atoms with Gasteiger partial charge in [-0.05, 0) is 13.0 Å². The van der Waals surface area contributed by atoms with Crippen LogP contribution in [0.25, 0.3) is 0 Å². The molecule has 0 atom stereocenters. The van der Waals surface area contributed by atoms with Gasteiger partial charge in [-0.15, -0.1) is 0 Å². The molecular formula is C10H14N2O3. The van der Waals surface area contributed by atoms with E-state index in [1.54, 1.807) is 32.2 Å². The van der Waals surface area contributed by atoms with Crippen LogP contribution in [0.5, 0.6) is 0 Å². The summed E-state index contributed by atoms with van der Waals surface area (Å²) in [6.45, 7) is 2.80. The van der Waals surface area contributed by atoms with Crippen molar-refractivity contribution >= 4 is 11.4 Å². The van der Waals surface area contributed by atoms with Crippen molar-refractivity contribution in [3.63, 3.8) is 0 Å². The summed E-state index contributed by atoms with van der Waals surface area (Å²) in [6, 6.07) is 5.21. The van der Waals surface area contributed by atoms with Crippen LogP contribution in [0, 0.1) is 17.0 Å². The smallest absolute Gasteiger partial charge is 0.295 e. The van der Waals surface area contributed by atoms with E-state index < -0.39 is 0 Å². The quantitative estimate of drug-likeness (QED) is 0.458. The summed E-state index contributed by atoms with van der Waals surface area (Å²) >= 11 is 0. The fourth-order valence-electron chi connectivity index (χ4n) is 1.33. The third kappa shape index (κ3) is 2.92. The van der Waals surface area contributed by atoms with E-state index in [9.17, 15) is 10.1 Å². The largest absolute Gasteiger partial charge is 0.383 e. The average Bonchev–Trinajstić information content (AvgIpc) is 2.17. The van der Waals surface area contributed by atoms with E-state index in [4.69, 9.17) is 4.74 Å². The van der Waals surface area contributed by atoms with Gasteiger partial charge in [0.1, 0.15) is 5.69 Å². The van der Waals surface area contributed by atoms with Crippen molar-refractivity contribution in [3.8, 4) is 0 Å². The monoisotopic (exact) mass is 210 g/mol. The zero-order chi connectivity index (χ0) is 11.3. The Labute approximate surface area is 88.2 Å². The van der Waals surface area contributed by atoms with E-state index in [1.807, 2.05) is 0 Å². The maximum Gasteiger partial charge on any atom is 0.295 e. The Kier molecular flexibility index (Phi) is 4.05. The molecule has 5 nitrogen and oxygen atoms in total. The van der Waals surface area contributed by atoms with Crippen LogP contribution in [0.15, 0.2) is 18.2 Å². The Morgan fingerprint density at radius 1 is 1.53 bits per heavy atom. The molecule has 1 N–H and O–H groups in total. The highest BCUT2D eigenvalue weighted by Crippen LogP contribution is 2.27. The maximum atomic E-state index is 10.8. The lowest BCUT2D eigenvalue weighted by Gasteiger charge is -2.07. The number of aryl methyl sites for hydroxylation is 1. The summed E-state index contributed by atoms with van der Waals surface area (Å²) in [5.41, 5.74) is 1.33. The Morgan fingerprint density at radius 2 is 2.27 bits per heavy atom. The second kappa shape index (κ2) is 5.31. The second-order valence-electron chi connectivity index (χ2n) is 3.15. The van der Waals surface area contributed by atoms with Crippen LogP contribution in [-0.4, -0.2) is 25.2 Å². The van der Waals surface area contributed by atoms with Gasteiger partial charge < -0.3 is 10.1 Å². The molecule has 15 heavy (non-hydrogen) atoms. The minimum atomic E-state index is -0.371.